The monoisotopic (exact) mass is 297 g/mol. The highest BCUT2D eigenvalue weighted by molar-refractivity contribution is 9.10. The Morgan fingerprint density at radius 3 is 2.71 bits per heavy atom. The predicted molar refractivity (Wildman–Crippen MR) is 71.0 cm³/mol. The van der Waals surface area contributed by atoms with E-state index in [9.17, 15) is 4.79 Å². The van der Waals surface area contributed by atoms with Crippen molar-refractivity contribution in [2.45, 2.75) is 31.3 Å². The molecule has 17 heavy (non-hydrogen) atoms. The van der Waals surface area contributed by atoms with E-state index in [1.165, 1.54) is 0 Å². The van der Waals surface area contributed by atoms with Crippen LogP contribution in [0.3, 0.4) is 0 Å². The molecule has 2 rings (SSSR count). The lowest BCUT2D eigenvalue weighted by Crippen LogP contribution is -2.42. The summed E-state index contributed by atoms with van der Waals surface area (Å²) >= 11 is 3.41. The van der Waals surface area contributed by atoms with Crippen LogP contribution in [-0.4, -0.2) is 18.6 Å². The first kappa shape index (κ1) is 12.6. The molecule has 3 nitrogen and oxygen atoms in total. The quantitative estimate of drug-likeness (QED) is 0.925. The van der Waals surface area contributed by atoms with E-state index >= 15 is 0 Å². The van der Waals surface area contributed by atoms with E-state index in [2.05, 4.69) is 21.2 Å². The predicted octanol–water partition coefficient (Wildman–Crippen LogP) is 3.35. The minimum atomic E-state index is -0.217. The largest absolute Gasteiger partial charge is 0.378 e. The molecule has 0 spiro atoms. The molecule has 1 N–H and O–H groups in total. The van der Waals surface area contributed by atoms with Crippen molar-refractivity contribution in [1.29, 1.82) is 0 Å². The molecule has 1 aliphatic rings. The molecule has 1 aromatic rings. The van der Waals surface area contributed by atoms with Gasteiger partial charge < -0.3 is 10.1 Å². The number of ether oxygens (including phenoxy) is 1. The molecule has 0 unspecified atom stereocenters. The second-order valence-corrected chi connectivity index (χ2v) is 5.30. The molecule has 0 atom stereocenters. The van der Waals surface area contributed by atoms with Gasteiger partial charge in [0.25, 0.3) is 0 Å². The third-order valence-electron chi connectivity index (χ3n) is 3.33. The van der Waals surface area contributed by atoms with Gasteiger partial charge in [-0.2, -0.15) is 0 Å². The van der Waals surface area contributed by atoms with Crippen molar-refractivity contribution in [1.82, 2.24) is 0 Å². The maximum atomic E-state index is 11.9. The zero-order chi connectivity index (χ0) is 12.3. The molecular formula is C13H16BrNO2. The average molecular weight is 298 g/mol. The first-order chi connectivity index (χ1) is 8.15. The van der Waals surface area contributed by atoms with Gasteiger partial charge >= 0.3 is 0 Å². The van der Waals surface area contributed by atoms with Gasteiger partial charge in [-0.05, 0) is 47.3 Å². The number of benzene rings is 1. The Labute approximate surface area is 110 Å². The van der Waals surface area contributed by atoms with Crippen molar-refractivity contribution in [2.75, 3.05) is 12.4 Å². The first-order valence-corrected chi connectivity index (χ1v) is 6.54. The number of carbonyl (C=O) groups excluding carboxylic acids is 1. The van der Waals surface area contributed by atoms with E-state index in [4.69, 9.17) is 4.74 Å². The number of nitrogens with one attached hydrogen (secondary N) is 1. The van der Waals surface area contributed by atoms with Crippen LogP contribution in [0, 0.1) is 0 Å². The molecule has 1 amide bonds. The standard InChI is InChI=1S/C13H16BrNO2/c1-17-13(7-4-8-13)9-12(16)15-11-6-3-2-5-10(11)14/h2-3,5-6H,4,7-9H2,1H3,(H,15,16). The molecule has 4 heteroatoms. The molecular weight excluding hydrogens is 282 g/mol. The molecule has 0 aliphatic heterocycles. The fourth-order valence-electron chi connectivity index (χ4n) is 2.07. The molecule has 1 saturated carbocycles. The first-order valence-electron chi connectivity index (χ1n) is 5.75. The van der Waals surface area contributed by atoms with Gasteiger partial charge in [-0.1, -0.05) is 12.1 Å². The van der Waals surface area contributed by atoms with Crippen molar-refractivity contribution in [3.8, 4) is 0 Å². The zero-order valence-corrected chi connectivity index (χ0v) is 11.4. The van der Waals surface area contributed by atoms with Crippen molar-refractivity contribution in [2.24, 2.45) is 0 Å². The second kappa shape index (κ2) is 5.19. The van der Waals surface area contributed by atoms with Crippen LogP contribution < -0.4 is 5.32 Å². The van der Waals surface area contributed by atoms with E-state index in [-0.39, 0.29) is 11.5 Å². The van der Waals surface area contributed by atoms with Crippen LogP contribution in [0.15, 0.2) is 28.7 Å². The molecule has 1 aliphatic carbocycles. The number of hydrogen-bond donors (Lipinski definition) is 1. The Kier molecular flexibility index (Phi) is 3.84. The number of rotatable bonds is 4. The lowest BCUT2D eigenvalue weighted by atomic mass is 9.77. The van der Waals surface area contributed by atoms with Crippen LogP contribution in [0.4, 0.5) is 5.69 Å². The van der Waals surface area contributed by atoms with Gasteiger partial charge in [0.05, 0.1) is 17.7 Å². The van der Waals surface area contributed by atoms with Gasteiger partial charge in [-0.15, -0.1) is 0 Å². The molecule has 0 saturated heterocycles. The number of para-hydroxylation sites is 1. The van der Waals surface area contributed by atoms with Gasteiger partial charge in [0.2, 0.25) is 5.91 Å². The third kappa shape index (κ3) is 2.87. The number of anilines is 1. The molecule has 0 radical (unpaired) electrons. The summed E-state index contributed by atoms with van der Waals surface area (Å²) in [4.78, 5) is 11.9. The highest BCUT2D eigenvalue weighted by atomic mass is 79.9. The van der Waals surface area contributed by atoms with Gasteiger partial charge in [0, 0.05) is 11.6 Å². The Balaban J connectivity index is 1.96. The van der Waals surface area contributed by atoms with Crippen LogP contribution >= 0.6 is 15.9 Å². The van der Waals surface area contributed by atoms with Crippen molar-refractivity contribution >= 4 is 27.5 Å². The number of carbonyl (C=O) groups is 1. The van der Waals surface area contributed by atoms with Gasteiger partial charge in [0.15, 0.2) is 0 Å². The van der Waals surface area contributed by atoms with Gasteiger partial charge in [-0.25, -0.2) is 0 Å². The maximum Gasteiger partial charge on any atom is 0.227 e. The molecule has 1 fully saturated rings. The molecule has 0 bridgehead atoms. The molecule has 92 valence electrons. The van der Waals surface area contributed by atoms with Gasteiger partial charge in [0.1, 0.15) is 0 Å². The Morgan fingerprint density at radius 1 is 1.47 bits per heavy atom. The Morgan fingerprint density at radius 2 is 2.18 bits per heavy atom. The minimum absolute atomic E-state index is 0.0125. The third-order valence-corrected chi connectivity index (χ3v) is 4.02. The van der Waals surface area contributed by atoms with Crippen LogP contribution in [0.25, 0.3) is 0 Å². The summed E-state index contributed by atoms with van der Waals surface area (Å²) in [6, 6.07) is 7.60. The summed E-state index contributed by atoms with van der Waals surface area (Å²) < 4.78 is 6.34. The number of hydrogen-bond acceptors (Lipinski definition) is 2. The molecule has 0 heterocycles. The van der Waals surface area contributed by atoms with Crippen molar-refractivity contribution in [3.63, 3.8) is 0 Å². The molecule has 0 aromatic heterocycles. The van der Waals surface area contributed by atoms with Crippen LogP contribution in [0.2, 0.25) is 0 Å². The zero-order valence-electron chi connectivity index (χ0n) is 9.83. The SMILES string of the molecule is COC1(CC(=O)Nc2ccccc2Br)CCC1. The maximum absolute atomic E-state index is 11.9. The summed E-state index contributed by atoms with van der Waals surface area (Å²) in [5.74, 6) is 0.0125. The number of halogens is 1. The highest BCUT2D eigenvalue weighted by Crippen LogP contribution is 2.38. The van der Waals surface area contributed by atoms with E-state index < -0.39 is 0 Å². The average Bonchev–Trinajstić information content (AvgIpc) is 2.27. The summed E-state index contributed by atoms with van der Waals surface area (Å²) in [6.45, 7) is 0. The number of methoxy groups -OCH3 is 1. The van der Waals surface area contributed by atoms with Crippen LogP contribution in [-0.2, 0) is 9.53 Å². The number of amides is 1. The summed E-state index contributed by atoms with van der Waals surface area (Å²) in [5.41, 5.74) is 0.591. The normalized spacial score (nSPS) is 17.3. The summed E-state index contributed by atoms with van der Waals surface area (Å²) in [7, 11) is 1.69. The summed E-state index contributed by atoms with van der Waals surface area (Å²) in [6.07, 6.45) is 3.54. The molecule has 1 aromatic carbocycles. The van der Waals surface area contributed by atoms with Crippen LogP contribution in [0.5, 0.6) is 0 Å². The van der Waals surface area contributed by atoms with Crippen LogP contribution in [0.1, 0.15) is 25.7 Å². The highest BCUT2D eigenvalue weighted by Gasteiger charge is 2.38. The summed E-state index contributed by atoms with van der Waals surface area (Å²) in [5, 5.41) is 2.90. The van der Waals surface area contributed by atoms with E-state index in [0.29, 0.717) is 6.42 Å². The Hall–Kier alpha value is -0.870. The topological polar surface area (TPSA) is 38.3 Å². The fourth-order valence-corrected chi connectivity index (χ4v) is 2.46. The van der Waals surface area contributed by atoms with Gasteiger partial charge in [-0.3, -0.25) is 4.79 Å². The van der Waals surface area contributed by atoms with E-state index in [0.717, 1.165) is 29.4 Å². The van der Waals surface area contributed by atoms with Crippen molar-refractivity contribution in [3.05, 3.63) is 28.7 Å². The second-order valence-electron chi connectivity index (χ2n) is 4.45. The van der Waals surface area contributed by atoms with Crippen molar-refractivity contribution < 1.29 is 9.53 Å². The lowest BCUT2D eigenvalue weighted by Gasteiger charge is -2.39. The van der Waals surface area contributed by atoms with E-state index in [1.807, 2.05) is 24.3 Å². The smallest absolute Gasteiger partial charge is 0.227 e. The minimum Gasteiger partial charge on any atom is -0.378 e. The lowest BCUT2D eigenvalue weighted by molar-refractivity contribution is -0.129. The Bertz CT molecular complexity index is 410. The van der Waals surface area contributed by atoms with E-state index in [1.54, 1.807) is 7.11 Å². The fraction of sp³-hybridized carbons (Fsp3) is 0.462.